The number of hydrogen-bond acceptors (Lipinski definition) is 5. The SMILES string of the molecule is NC(=O)C1CNCCN1c1nc2ccc(Cl)cn2n1. The molecular weight excluding hydrogens is 268 g/mol. The zero-order valence-corrected chi connectivity index (χ0v) is 10.8. The van der Waals surface area contributed by atoms with Gasteiger partial charge in [-0.05, 0) is 12.1 Å². The van der Waals surface area contributed by atoms with Gasteiger partial charge in [-0.15, -0.1) is 5.10 Å². The summed E-state index contributed by atoms with van der Waals surface area (Å²) < 4.78 is 1.59. The van der Waals surface area contributed by atoms with E-state index in [-0.39, 0.29) is 5.91 Å². The molecule has 100 valence electrons. The van der Waals surface area contributed by atoms with E-state index in [4.69, 9.17) is 17.3 Å². The summed E-state index contributed by atoms with van der Waals surface area (Å²) in [5, 5.41) is 8.05. The second-order valence-electron chi connectivity index (χ2n) is 4.38. The molecule has 1 aliphatic heterocycles. The molecule has 8 heteroatoms. The third-order valence-corrected chi connectivity index (χ3v) is 3.34. The zero-order valence-electron chi connectivity index (χ0n) is 10.1. The Hall–Kier alpha value is -1.86. The maximum Gasteiger partial charge on any atom is 0.246 e. The molecule has 2 aromatic rings. The van der Waals surface area contributed by atoms with Crippen molar-refractivity contribution in [3.63, 3.8) is 0 Å². The number of anilines is 1. The van der Waals surface area contributed by atoms with E-state index in [1.807, 2.05) is 4.90 Å². The highest BCUT2D eigenvalue weighted by Gasteiger charge is 2.29. The minimum Gasteiger partial charge on any atom is -0.368 e. The van der Waals surface area contributed by atoms with Gasteiger partial charge in [0.25, 0.3) is 0 Å². The number of aromatic nitrogens is 3. The third-order valence-electron chi connectivity index (χ3n) is 3.11. The molecular formula is C11H13ClN6O. The quantitative estimate of drug-likeness (QED) is 0.785. The van der Waals surface area contributed by atoms with Crippen LogP contribution in [0.2, 0.25) is 5.02 Å². The molecule has 1 atom stereocenters. The number of pyridine rings is 1. The Labute approximate surface area is 114 Å². The number of carbonyl (C=O) groups excluding carboxylic acids is 1. The second kappa shape index (κ2) is 4.67. The lowest BCUT2D eigenvalue weighted by Crippen LogP contribution is -2.57. The second-order valence-corrected chi connectivity index (χ2v) is 4.81. The highest BCUT2D eigenvalue weighted by Crippen LogP contribution is 2.17. The van der Waals surface area contributed by atoms with E-state index in [2.05, 4.69) is 15.4 Å². The predicted octanol–water partition coefficient (Wildman–Crippen LogP) is -0.354. The fourth-order valence-electron chi connectivity index (χ4n) is 2.17. The van der Waals surface area contributed by atoms with E-state index >= 15 is 0 Å². The van der Waals surface area contributed by atoms with Crippen LogP contribution in [0.15, 0.2) is 18.3 Å². The van der Waals surface area contributed by atoms with Crippen molar-refractivity contribution < 1.29 is 4.79 Å². The van der Waals surface area contributed by atoms with Crippen LogP contribution in [0.4, 0.5) is 5.95 Å². The molecule has 1 saturated heterocycles. The first kappa shape index (κ1) is 12.2. The molecule has 0 aliphatic carbocycles. The van der Waals surface area contributed by atoms with Crippen LogP contribution in [-0.4, -0.2) is 46.2 Å². The smallest absolute Gasteiger partial charge is 0.246 e. The molecule has 2 aromatic heterocycles. The lowest BCUT2D eigenvalue weighted by Gasteiger charge is -2.33. The average molecular weight is 281 g/mol. The van der Waals surface area contributed by atoms with Gasteiger partial charge >= 0.3 is 0 Å². The number of piperazine rings is 1. The van der Waals surface area contributed by atoms with Gasteiger partial charge in [0, 0.05) is 25.8 Å². The fraction of sp³-hybridized carbons (Fsp3) is 0.364. The number of nitrogens with zero attached hydrogens (tertiary/aromatic N) is 4. The monoisotopic (exact) mass is 280 g/mol. The highest BCUT2D eigenvalue weighted by molar-refractivity contribution is 6.30. The summed E-state index contributed by atoms with van der Waals surface area (Å²) in [6, 6.07) is 3.10. The van der Waals surface area contributed by atoms with Gasteiger partial charge in [-0.1, -0.05) is 11.6 Å². The molecule has 3 N–H and O–H groups in total. The van der Waals surface area contributed by atoms with Crippen molar-refractivity contribution >= 4 is 29.1 Å². The molecule has 0 radical (unpaired) electrons. The lowest BCUT2D eigenvalue weighted by molar-refractivity contribution is -0.119. The van der Waals surface area contributed by atoms with E-state index in [9.17, 15) is 4.79 Å². The van der Waals surface area contributed by atoms with E-state index in [1.54, 1.807) is 22.8 Å². The minimum absolute atomic E-state index is 0.385. The molecule has 1 fully saturated rings. The number of halogens is 1. The molecule has 0 aromatic carbocycles. The highest BCUT2D eigenvalue weighted by atomic mass is 35.5. The number of primary amides is 1. The summed E-state index contributed by atoms with van der Waals surface area (Å²) in [5.74, 6) is 0.108. The van der Waals surface area contributed by atoms with Crippen LogP contribution in [0.5, 0.6) is 0 Å². The van der Waals surface area contributed by atoms with Crippen LogP contribution in [-0.2, 0) is 4.79 Å². The maximum absolute atomic E-state index is 11.5. The normalized spacial score (nSPS) is 19.8. The van der Waals surface area contributed by atoms with Gasteiger partial charge < -0.3 is 16.0 Å². The van der Waals surface area contributed by atoms with E-state index in [0.29, 0.717) is 29.7 Å². The standard InChI is InChI=1S/C11H13ClN6O/c12-7-1-2-9-15-11(16-18(9)6-7)17-4-3-14-5-8(17)10(13)19/h1-2,6,8,14H,3-5H2,(H2,13,19). The van der Waals surface area contributed by atoms with Gasteiger partial charge in [-0.2, -0.15) is 4.98 Å². The van der Waals surface area contributed by atoms with Gasteiger partial charge in [-0.3, -0.25) is 4.79 Å². The zero-order chi connectivity index (χ0) is 13.4. The molecule has 19 heavy (non-hydrogen) atoms. The number of hydrogen-bond donors (Lipinski definition) is 2. The molecule has 0 saturated carbocycles. The van der Waals surface area contributed by atoms with Gasteiger partial charge in [0.2, 0.25) is 11.9 Å². The molecule has 3 heterocycles. The van der Waals surface area contributed by atoms with Crippen molar-refractivity contribution in [1.29, 1.82) is 0 Å². The first-order valence-corrected chi connectivity index (χ1v) is 6.31. The Morgan fingerprint density at radius 3 is 3.16 bits per heavy atom. The summed E-state index contributed by atoms with van der Waals surface area (Å²) in [7, 11) is 0. The van der Waals surface area contributed by atoms with Crippen molar-refractivity contribution in [2.45, 2.75) is 6.04 Å². The van der Waals surface area contributed by atoms with Crippen molar-refractivity contribution in [2.75, 3.05) is 24.5 Å². The van der Waals surface area contributed by atoms with Gasteiger partial charge in [0.1, 0.15) is 6.04 Å². The van der Waals surface area contributed by atoms with Crippen LogP contribution >= 0.6 is 11.6 Å². The number of nitrogens with two attached hydrogens (primary N) is 1. The Morgan fingerprint density at radius 1 is 1.53 bits per heavy atom. The van der Waals surface area contributed by atoms with Crippen LogP contribution < -0.4 is 16.0 Å². The van der Waals surface area contributed by atoms with Crippen LogP contribution in [0, 0.1) is 0 Å². The Balaban J connectivity index is 1.99. The van der Waals surface area contributed by atoms with Gasteiger partial charge in [0.05, 0.1) is 5.02 Å². The van der Waals surface area contributed by atoms with E-state index in [1.165, 1.54) is 0 Å². The minimum atomic E-state index is -0.429. The number of amides is 1. The number of nitrogens with one attached hydrogen (secondary N) is 1. The van der Waals surface area contributed by atoms with Crippen molar-refractivity contribution in [2.24, 2.45) is 5.73 Å². The molecule has 0 bridgehead atoms. The maximum atomic E-state index is 11.5. The summed E-state index contributed by atoms with van der Waals surface area (Å²) in [6.07, 6.45) is 1.68. The van der Waals surface area contributed by atoms with Gasteiger partial charge in [0.15, 0.2) is 5.65 Å². The van der Waals surface area contributed by atoms with Crippen LogP contribution in [0.3, 0.4) is 0 Å². The predicted molar refractivity (Wildman–Crippen MR) is 71.2 cm³/mol. The van der Waals surface area contributed by atoms with Crippen LogP contribution in [0.1, 0.15) is 0 Å². The Morgan fingerprint density at radius 2 is 2.37 bits per heavy atom. The topological polar surface area (TPSA) is 88.5 Å². The average Bonchev–Trinajstić information content (AvgIpc) is 2.81. The molecule has 1 unspecified atom stereocenters. The summed E-state index contributed by atoms with van der Waals surface area (Å²) >= 11 is 5.91. The Bertz CT molecular complexity index is 627. The van der Waals surface area contributed by atoms with E-state index in [0.717, 1.165) is 6.54 Å². The molecule has 3 rings (SSSR count). The van der Waals surface area contributed by atoms with Crippen molar-refractivity contribution in [3.05, 3.63) is 23.4 Å². The molecule has 1 aliphatic rings. The lowest BCUT2D eigenvalue weighted by atomic mass is 10.2. The molecule has 1 amide bonds. The summed E-state index contributed by atoms with van der Waals surface area (Å²) in [6.45, 7) is 1.91. The first-order valence-electron chi connectivity index (χ1n) is 5.94. The third kappa shape index (κ3) is 2.22. The molecule has 7 nitrogen and oxygen atoms in total. The first-order chi connectivity index (χ1) is 9.15. The van der Waals surface area contributed by atoms with Crippen molar-refractivity contribution in [3.8, 4) is 0 Å². The summed E-state index contributed by atoms with van der Waals surface area (Å²) in [4.78, 5) is 17.7. The largest absolute Gasteiger partial charge is 0.368 e. The van der Waals surface area contributed by atoms with Crippen LogP contribution in [0.25, 0.3) is 5.65 Å². The number of rotatable bonds is 2. The molecule has 0 spiro atoms. The Kier molecular flexibility index (Phi) is 3.00. The number of fused-ring (bicyclic) bond motifs is 1. The summed E-state index contributed by atoms with van der Waals surface area (Å²) in [5.41, 5.74) is 6.09. The van der Waals surface area contributed by atoms with E-state index < -0.39 is 6.04 Å². The number of carbonyl (C=O) groups is 1. The fourth-order valence-corrected chi connectivity index (χ4v) is 2.32. The van der Waals surface area contributed by atoms with Gasteiger partial charge in [-0.25, -0.2) is 4.52 Å². The van der Waals surface area contributed by atoms with Crippen molar-refractivity contribution in [1.82, 2.24) is 19.9 Å².